The van der Waals surface area contributed by atoms with Crippen molar-refractivity contribution in [3.63, 3.8) is 0 Å². The summed E-state index contributed by atoms with van der Waals surface area (Å²) in [6.07, 6.45) is 1.80. The van der Waals surface area contributed by atoms with Crippen LogP contribution < -0.4 is 14.8 Å². The highest BCUT2D eigenvalue weighted by atomic mass is 32.2. The highest BCUT2D eigenvalue weighted by molar-refractivity contribution is 7.89. The average molecular weight is 514 g/mol. The van der Waals surface area contributed by atoms with Crippen LogP contribution >= 0.6 is 0 Å². The van der Waals surface area contributed by atoms with Gasteiger partial charge in [-0.05, 0) is 58.7 Å². The van der Waals surface area contributed by atoms with E-state index in [1.807, 2.05) is 6.07 Å². The number of carbonyl (C=O) groups excluding carboxylic acids is 1. The lowest BCUT2D eigenvalue weighted by Gasteiger charge is -2.21. The smallest absolute Gasteiger partial charge is 0.272 e. The molecule has 11 nitrogen and oxygen atoms in total. The molecule has 4 rings (SSSR count). The number of hydrogen-bond acceptors (Lipinski definition) is 7. The van der Waals surface area contributed by atoms with E-state index in [0.717, 1.165) is 25.0 Å². The van der Waals surface area contributed by atoms with Gasteiger partial charge in [0.2, 0.25) is 15.9 Å². The number of aromatic nitrogens is 2. The summed E-state index contributed by atoms with van der Waals surface area (Å²) >= 11 is 0. The Balaban J connectivity index is 1.84. The molecule has 36 heavy (non-hydrogen) atoms. The van der Waals surface area contributed by atoms with E-state index < -0.39 is 31.1 Å². The van der Waals surface area contributed by atoms with Gasteiger partial charge >= 0.3 is 0 Å². The zero-order valence-electron chi connectivity index (χ0n) is 20.3. The largest absolute Gasteiger partial charge is 0.437 e. The first-order valence-corrected chi connectivity index (χ1v) is 12.8. The van der Waals surface area contributed by atoms with Gasteiger partial charge in [-0.25, -0.2) is 13.1 Å². The van der Waals surface area contributed by atoms with Crippen molar-refractivity contribution < 1.29 is 22.9 Å². The van der Waals surface area contributed by atoms with E-state index in [1.165, 1.54) is 10.7 Å². The van der Waals surface area contributed by atoms with Gasteiger partial charge in [-0.3, -0.25) is 14.9 Å². The molecule has 0 aliphatic heterocycles. The Morgan fingerprint density at radius 1 is 1.17 bits per heavy atom. The third-order valence-electron chi connectivity index (χ3n) is 5.27. The van der Waals surface area contributed by atoms with Crippen LogP contribution in [0.1, 0.15) is 49.7 Å². The number of nitro benzene ring substituents is 1. The molecule has 2 N–H and O–H groups in total. The summed E-state index contributed by atoms with van der Waals surface area (Å²) in [4.78, 5) is 23.1. The molecule has 3 aromatic rings. The number of non-ortho nitro benzene ring substituents is 1. The zero-order chi connectivity index (χ0) is 26.3. The van der Waals surface area contributed by atoms with Crippen molar-refractivity contribution >= 4 is 21.6 Å². The van der Waals surface area contributed by atoms with Crippen LogP contribution in [-0.2, 0) is 10.0 Å². The van der Waals surface area contributed by atoms with Crippen LogP contribution in [0.25, 0.3) is 5.69 Å². The van der Waals surface area contributed by atoms with E-state index in [4.69, 9.17) is 4.74 Å². The van der Waals surface area contributed by atoms with Crippen LogP contribution in [0.5, 0.6) is 11.6 Å². The topological polar surface area (TPSA) is 145 Å². The lowest BCUT2D eigenvalue weighted by atomic mass is 10.1. The van der Waals surface area contributed by atoms with Crippen molar-refractivity contribution in [3.8, 4) is 17.3 Å². The van der Waals surface area contributed by atoms with Gasteiger partial charge < -0.3 is 10.1 Å². The fourth-order valence-electron chi connectivity index (χ4n) is 3.51. The predicted molar refractivity (Wildman–Crippen MR) is 132 cm³/mol. The Bertz CT molecular complexity index is 1420. The third kappa shape index (κ3) is 5.55. The van der Waals surface area contributed by atoms with Crippen LogP contribution in [-0.4, -0.2) is 40.6 Å². The minimum atomic E-state index is -4.22. The molecule has 0 atom stereocenters. The molecule has 1 heterocycles. The first-order valence-electron chi connectivity index (χ1n) is 11.3. The standard InChI is InChI=1S/C24H27N5O6S/c1-15-21(22(30)25-16-10-11-16)26-28(17-8-6-5-7-9-17)23(15)35-19-13-12-18(29(31)32)14-20(19)36(33,34)27-24(2,3)4/h5-9,12-14,16,27H,10-11H2,1-4H3,(H,25,30). The monoisotopic (exact) mass is 513 g/mol. The molecule has 1 aliphatic carbocycles. The van der Waals surface area contributed by atoms with Crippen molar-refractivity contribution in [1.82, 2.24) is 19.8 Å². The van der Waals surface area contributed by atoms with Crippen LogP contribution in [0.15, 0.2) is 53.4 Å². The van der Waals surface area contributed by atoms with Gasteiger partial charge in [-0.15, -0.1) is 0 Å². The van der Waals surface area contributed by atoms with E-state index in [0.29, 0.717) is 11.3 Å². The van der Waals surface area contributed by atoms with E-state index in [-0.39, 0.29) is 29.3 Å². The number of hydrogen-bond donors (Lipinski definition) is 2. The molecular formula is C24H27N5O6S. The quantitative estimate of drug-likeness (QED) is 0.344. The van der Waals surface area contributed by atoms with Crippen LogP contribution in [0.3, 0.4) is 0 Å². The van der Waals surface area contributed by atoms with Gasteiger partial charge in [-0.2, -0.15) is 9.78 Å². The second-order valence-electron chi connectivity index (χ2n) is 9.62. The van der Waals surface area contributed by atoms with Gasteiger partial charge in [0.25, 0.3) is 11.6 Å². The number of nitrogens with zero attached hydrogens (tertiary/aromatic N) is 3. The van der Waals surface area contributed by atoms with Crippen LogP contribution in [0, 0.1) is 17.0 Å². The number of sulfonamides is 1. The predicted octanol–water partition coefficient (Wildman–Crippen LogP) is 3.85. The van der Waals surface area contributed by atoms with Crippen molar-refractivity contribution in [1.29, 1.82) is 0 Å². The Morgan fingerprint density at radius 3 is 2.42 bits per heavy atom. The van der Waals surface area contributed by atoms with E-state index >= 15 is 0 Å². The highest BCUT2D eigenvalue weighted by Crippen LogP contribution is 2.36. The Morgan fingerprint density at radius 2 is 1.83 bits per heavy atom. The maximum absolute atomic E-state index is 13.2. The normalized spacial score (nSPS) is 13.9. The molecule has 0 spiro atoms. The first-order chi connectivity index (χ1) is 16.9. The number of rotatable bonds is 8. The number of amides is 1. The molecule has 0 unspecified atom stereocenters. The maximum atomic E-state index is 13.2. The van der Waals surface area contributed by atoms with Crippen molar-refractivity contribution in [2.45, 2.75) is 57.0 Å². The number of nitro groups is 1. The number of benzene rings is 2. The fourth-order valence-corrected chi connectivity index (χ4v) is 5.08. The van der Waals surface area contributed by atoms with E-state index in [1.54, 1.807) is 52.0 Å². The molecule has 0 saturated heterocycles. The number of para-hydroxylation sites is 1. The molecule has 2 aromatic carbocycles. The number of ether oxygens (including phenoxy) is 1. The molecule has 1 aromatic heterocycles. The van der Waals surface area contributed by atoms with E-state index in [9.17, 15) is 23.3 Å². The lowest BCUT2D eigenvalue weighted by Crippen LogP contribution is -2.40. The van der Waals surface area contributed by atoms with Gasteiger partial charge in [0, 0.05) is 29.3 Å². The minimum Gasteiger partial charge on any atom is -0.437 e. The van der Waals surface area contributed by atoms with E-state index in [2.05, 4.69) is 15.1 Å². The highest BCUT2D eigenvalue weighted by Gasteiger charge is 2.31. The molecule has 1 saturated carbocycles. The maximum Gasteiger partial charge on any atom is 0.272 e. The average Bonchev–Trinajstić information content (AvgIpc) is 3.55. The summed E-state index contributed by atoms with van der Waals surface area (Å²) in [5, 5.41) is 18.7. The van der Waals surface area contributed by atoms with Gasteiger partial charge in [-0.1, -0.05) is 18.2 Å². The molecule has 1 amide bonds. The Labute approximate surface area is 208 Å². The zero-order valence-corrected chi connectivity index (χ0v) is 21.1. The van der Waals surface area contributed by atoms with Crippen molar-refractivity contribution in [2.75, 3.05) is 0 Å². The second kappa shape index (κ2) is 9.36. The number of nitrogens with one attached hydrogen (secondary N) is 2. The Hall–Kier alpha value is -3.77. The van der Waals surface area contributed by atoms with Gasteiger partial charge in [0.1, 0.15) is 10.6 Å². The van der Waals surface area contributed by atoms with Crippen LogP contribution in [0.2, 0.25) is 0 Å². The summed E-state index contributed by atoms with van der Waals surface area (Å²) < 4.78 is 36.4. The van der Waals surface area contributed by atoms with Gasteiger partial charge in [0.15, 0.2) is 5.69 Å². The lowest BCUT2D eigenvalue weighted by molar-refractivity contribution is -0.385. The summed E-state index contributed by atoms with van der Waals surface area (Å²) in [6.45, 7) is 6.61. The Kier molecular flexibility index (Phi) is 6.58. The molecular weight excluding hydrogens is 486 g/mol. The SMILES string of the molecule is Cc1c(C(=O)NC2CC2)nn(-c2ccccc2)c1Oc1ccc([N+](=O)[O-])cc1S(=O)(=O)NC(C)(C)C. The molecule has 1 fully saturated rings. The second-order valence-corrected chi connectivity index (χ2v) is 11.3. The number of carbonyl (C=O) groups is 1. The summed E-state index contributed by atoms with van der Waals surface area (Å²) in [5.41, 5.74) is -0.145. The summed E-state index contributed by atoms with van der Waals surface area (Å²) in [6, 6.07) is 12.4. The summed E-state index contributed by atoms with van der Waals surface area (Å²) in [7, 11) is -4.22. The molecule has 1 aliphatic rings. The first kappa shape index (κ1) is 25.3. The fraction of sp³-hybridized carbons (Fsp3) is 0.333. The van der Waals surface area contributed by atoms with Crippen LogP contribution in [0.4, 0.5) is 5.69 Å². The van der Waals surface area contributed by atoms with Gasteiger partial charge in [0.05, 0.1) is 10.6 Å². The van der Waals surface area contributed by atoms with Crippen molar-refractivity contribution in [2.24, 2.45) is 0 Å². The van der Waals surface area contributed by atoms with Crippen molar-refractivity contribution in [3.05, 3.63) is 69.9 Å². The molecule has 0 radical (unpaired) electrons. The minimum absolute atomic E-state index is 0.109. The molecule has 0 bridgehead atoms. The third-order valence-corrected chi connectivity index (χ3v) is 7.05. The molecule has 12 heteroatoms. The molecule has 190 valence electrons. The summed E-state index contributed by atoms with van der Waals surface area (Å²) in [5.74, 6) is -0.393.